The molecule has 0 aliphatic rings. The van der Waals surface area contributed by atoms with E-state index in [4.69, 9.17) is 9.84 Å². The molecule has 0 aliphatic heterocycles. The number of hydrogen-bond acceptors (Lipinski definition) is 3. The first-order valence-electron chi connectivity index (χ1n) is 10.1. The molecule has 6 nitrogen and oxygen atoms in total. The monoisotopic (exact) mass is 403 g/mol. The third-order valence-corrected chi connectivity index (χ3v) is 5.25. The normalized spacial score (nSPS) is 11.1. The molecule has 2 heterocycles. The quantitative estimate of drug-likeness (QED) is 0.458. The summed E-state index contributed by atoms with van der Waals surface area (Å²) in [6, 6.07) is 16.2. The minimum absolute atomic E-state index is 0.0815. The van der Waals surface area contributed by atoms with Gasteiger partial charge >= 0.3 is 5.97 Å². The number of aromatic nitrogens is 3. The summed E-state index contributed by atoms with van der Waals surface area (Å²) in [5, 5.41) is 14.6. The predicted octanol–water partition coefficient (Wildman–Crippen LogP) is 4.06. The van der Waals surface area contributed by atoms with E-state index in [9.17, 15) is 4.79 Å². The van der Waals surface area contributed by atoms with Gasteiger partial charge in [-0.2, -0.15) is 5.10 Å². The molecule has 0 amide bonds. The van der Waals surface area contributed by atoms with Crippen molar-refractivity contribution in [3.05, 3.63) is 83.8 Å². The highest BCUT2D eigenvalue weighted by atomic mass is 16.5. The SMILES string of the molecule is Cn1cc(CCOc2cc(Cn3cccn3)ccc2CCC(=O)O)c2ccccc21. The minimum Gasteiger partial charge on any atom is -0.493 e. The Hall–Kier alpha value is -3.54. The van der Waals surface area contributed by atoms with Crippen LogP contribution in [0.3, 0.4) is 0 Å². The molecule has 6 heteroatoms. The van der Waals surface area contributed by atoms with Crippen LogP contribution >= 0.6 is 0 Å². The van der Waals surface area contributed by atoms with Gasteiger partial charge in [0.05, 0.1) is 13.2 Å². The van der Waals surface area contributed by atoms with Crippen molar-refractivity contribution >= 4 is 16.9 Å². The Bertz CT molecular complexity index is 1150. The zero-order chi connectivity index (χ0) is 20.9. The topological polar surface area (TPSA) is 69.3 Å². The fourth-order valence-corrected chi connectivity index (χ4v) is 3.76. The van der Waals surface area contributed by atoms with Gasteiger partial charge in [-0.25, -0.2) is 0 Å². The van der Waals surface area contributed by atoms with Crippen LogP contribution in [0, 0.1) is 0 Å². The van der Waals surface area contributed by atoms with Crippen molar-refractivity contribution in [3.63, 3.8) is 0 Å². The van der Waals surface area contributed by atoms with Gasteiger partial charge in [0.25, 0.3) is 0 Å². The summed E-state index contributed by atoms with van der Waals surface area (Å²) in [4.78, 5) is 11.0. The lowest BCUT2D eigenvalue weighted by Crippen LogP contribution is -2.07. The van der Waals surface area contributed by atoms with Crippen LogP contribution in [0.5, 0.6) is 5.75 Å². The van der Waals surface area contributed by atoms with Gasteiger partial charge < -0.3 is 14.4 Å². The number of para-hydroxylation sites is 1. The van der Waals surface area contributed by atoms with Crippen molar-refractivity contribution in [2.24, 2.45) is 7.05 Å². The van der Waals surface area contributed by atoms with Crippen molar-refractivity contribution in [1.29, 1.82) is 0 Å². The molecule has 4 aromatic rings. The molecule has 0 spiro atoms. The number of aliphatic carboxylic acids is 1. The first kappa shape index (κ1) is 19.8. The first-order valence-corrected chi connectivity index (χ1v) is 10.1. The van der Waals surface area contributed by atoms with E-state index >= 15 is 0 Å². The average Bonchev–Trinajstić information content (AvgIpc) is 3.36. The van der Waals surface area contributed by atoms with Crippen LogP contribution in [-0.2, 0) is 31.2 Å². The van der Waals surface area contributed by atoms with Crippen LogP contribution in [0.25, 0.3) is 10.9 Å². The van der Waals surface area contributed by atoms with Crippen LogP contribution in [0.4, 0.5) is 0 Å². The molecular weight excluding hydrogens is 378 g/mol. The van der Waals surface area contributed by atoms with Gasteiger partial charge in [0.1, 0.15) is 5.75 Å². The van der Waals surface area contributed by atoms with Gasteiger partial charge in [-0.05, 0) is 41.3 Å². The van der Waals surface area contributed by atoms with E-state index in [2.05, 4.69) is 41.1 Å². The molecule has 1 N–H and O–H groups in total. The predicted molar refractivity (Wildman–Crippen MR) is 116 cm³/mol. The fraction of sp³-hybridized carbons (Fsp3) is 0.250. The molecule has 2 aromatic carbocycles. The molecule has 30 heavy (non-hydrogen) atoms. The van der Waals surface area contributed by atoms with Crippen molar-refractivity contribution in [1.82, 2.24) is 14.3 Å². The second-order valence-corrected chi connectivity index (χ2v) is 7.42. The van der Waals surface area contributed by atoms with Crippen molar-refractivity contribution in [3.8, 4) is 5.75 Å². The van der Waals surface area contributed by atoms with E-state index in [0.29, 0.717) is 19.6 Å². The summed E-state index contributed by atoms with van der Waals surface area (Å²) in [7, 11) is 2.05. The lowest BCUT2D eigenvalue weighted by atomic mass is 10.1. The largest absolute Gasteiger partial charge is 0.493 e. The summed E-state index contributed by atoms with van der Waals surface area (Å²) in [5.74, 6) is -0.0570. The lowest BCUT2D eigenvalue weighted by Gasteiger charge is -2.13. The molecule has 0 unspecified atom stereocenters. The zero-order valence-electron chi connectivity index (χ0n) is 17.0. The molecular formula is C24H25N3O3. The maximum Gasteiger partial charge on any atom is 0.303 e. The second-order valence-electron chi connectivity index (χ2n) is 7.42. The van der Waals surface area contributed by atoms with Crippen LogP contribution < -0.4 is 4.74 Å². The summed E-state index contributed by atoms with van der Waals surface area (Å²) in [6.45, 7) is 1.17. The maximum absolute atomic E-state index is 11.0. The Balaban J connectivity index is 1.50. The van der Waals surface area contributed by atoms with E-state index in [0.717, 1.165) is 23.3 Å². The summed E-state index contributed by atoms with van der Waals surface area (Å²) >= 11 is 0. The van der Waals surface area contributed by atoms with E-state index in [1.54, 1.807) is 6.20 Å². The number of carbonyl (C=O) groups is 1. The number of hydrogen-bond donors (Lipinski definition) is 1. The van der Waals surface area contributed by atoms with E-state index in [1.165, 1.54) is 16.5 Å². The molecule has 154 valence electrons. The molecule has 0 atom stereocenters. The molecule has 0 fully saturated rings. The number of benzene rings is 2. The summed E-state index contributed by atoms with van der Waals surface area (Å²) < 4.78 is 10.1. The van der Waals surface area contributed by atoms with Gasteiger partial charge in [0.15, 0.2) is 0 Å². The van der Waals surface area contributed by atoms with Gasteiger partial charge in [-0.3, -0.25) is 9.48 Å². The number of aryl methyl sites for hydroxylation is 2. The van der Waals surface area contributed by atoms with E-state index in [1.807, 2.05) is 41.2 Å². The molecule has 4 rings (SSSR count). The standard InChI is InChI=1S/C24H25N3O3/c1-26-17-20(21-5-2-3-6-22(21)26)11-14-30-23-15-18(16-27-13-4-12-25-27)7-8-19(23)9-10-24(28)29/h2-8,12-13,15,17H,9-11,14,16H2,1H3,(H,28,29). The number of carboxylic acids is 1. The average molecular weight is 403 g/mol. The van der Waals surface area contributed by atoms with Crippen molar-refractivity contribution < 1.29 is 14.6 Å². The molecule has 0 bridgehead atoms. The molecule has 0 saturated heterocycles. The Kier molecular flexibility index (Phi) is 5.84. The lowest BCUT2D eigenvalue weighted by molar-refractivity contribution is -0.136. The van der Waals surface area contributed by atoms with Gasteiger partial charge in [-0.15, -0.1) is 0 Å². The van der Waals surface area contributed by atoms with Crippen LogP contribution in [0.2, 0.25) is 0 Å². The van der Waals surface area contributed by atoms with Crippen molar-refractivity contribution in [2.75, 3.05) is 6.61 Å². The number of fused-ring (bicyclic) bond motifs is 1. The summed E-state index contributed by atoms with van der Waals surface area (Å²) in [6.07, 6.45) is 7.12. The smallest absolute Gasteiger partial charge is 0.303 e. The maximum atomic E-state index is 11.0. The second kappa shape index (κ2) is 8.86. The summed E-state index contributed by atoms with van der Waals surface area (Å²) in [5.41, 5.74) is 4.43. The minimum atomic E-state index is -0.808. The Morgan fingerprint density at radius 3 is 2.77 bits per heavy atom. The number of nitrogens with zero attached hydrogens (tertiary/aromatic N) is 3. The Morgan fingerprint density at radius 1 is 1.10 bits per heavy atom. The molecule has 0 aliphatic carbocycles. The number of carboxylic acid groups (broad SMARTS) is 1. The highest BCUT2D eigenvalue weighted by Crippen LogP contribution is 2.25. The van der Waals surface area contributed by atoms with Crippen LogP contribution in [0.1, 0.15) is 23.1 Å². The molecule has 0 radical (unpaired) electrons. The van der Waals surface area contributed by atoms with E-state index < -0.39 is 5.97 Å². The van der Waals surface area contributed by atoms with Gasteiger partial charge in [-0.1, -0.05) is 30.3 Å². The van der Waals surface area contributed by atoms with Gasteiger partial charge in [0, 0.05) is 49.4 Å². The fourth-order valence-electron chi connectivity index (χ4n) is 3.76. The third-order valence-electron chi connectivity index (χ3n) is 5.25. The number of rotatable bonds is 9. The van der Waals surface area contributed by atoms with Crippen molar-refractivity contribution in [2.45, 2.75) is 25.8 Å². The molecule has 0 saturated carbocycles. The highest BCUT2D eigenvalue weighted by molar-refractivity contribution is 5.83. The Morgan fingerprint density at radius 2 is 1.97 bits per heavy atom. The van der Waals surface area contributed by atoms with Crippen LogP contribution in [-0.4, -0.2) is 32.0 Å². The molecule has 2 aromatic heterocycles. The Labute approximate surface area is 175 Å². The van der Waals surface area contributed by atoms with E-state index in [-0.39, 0.29) is 6.42 Å². The van der Waals surface area contributed by atoms with Crippen LogP contribution in [0.15, 0.2) is 67.1 Å². The third kappa shape index (κ3) is 4.54. The van der Waals surface area contributed by atoms with Gasteiger partial charge in [0.2, 0.25) is 0 Å². The zero-order valence-corrected chi connectivity index (χ0v) is 17.0. The first-order chi connectivity index (χ1) is 14.6. The highest BCUT2D eigenvalue weighted by Gasteiger charge is 2.10. The number of ether oxygens (including phenoxy) is 1.